The first-order valence-corrected chi connectivity index (χ1v) is 11.1. The molecule has 0 atom stereocenters. The van der Waals surface area contributed by atoms with E-state index in [9.17, 15) is 4.79 Å². The molecule has 0 aliphatic rings. The first kappa shape index (κ1) is 21.8. The van der Waals surface area contributed by atoms with Crippen LogP contribution in [0, 0.1) is 6.92 Å². The Morgan fingerprint density at radius 2 is 1.91 bits per heavy atom. The second kappa shape index (κ2) is 9.82. The van der Waals surface area contributed by atoms with Crippen LogP contribution >= 0.6 is 11.8 Å². The number of hydrogen-bond acceptors (Lipinski definition) is 7. The van der Waals surface area contributed by atoms with Crippen LogP contribution in [0.3, 0.4) is 0 Å². The van der Waals surface area contributed by atoms with Crippen molar-refractivity contribution in [1.29, 1.82) is 0 Å². The van der Waals surface area contributed by atoms with Crippen molar-refractivity contribution in [3.8, 4) is 11.5 Å². The smallest absolute Gasteiger partial charge is 0.287 e. The number of methoxy groups -OCH3 is 2. The fourth-order valence-corrected chi connectivity index (χ4v) is 4.01. The second-order valence-corrected chi connectivity index (χ2v) is 8.08. The molecular weight excluding hydrogens is 428 g/mol. The average molecular weight is 453 g/mol. The molecule has 4 aromatic rings. The van der Waals surface area contributed by atoms with Gasteiger partial charge in [-0.3, -0.25) is 4.79 Å². The number of aromatic nitrogens is 1. The Bertz CT molecular complexity index is 1230. The van der Waals surface area contributed by atoms with Gasteiger partial charge in [-0.15, -0.1) is 0 Å². The lowest BCUT2D eigenvalue weighted by Gasteiger charge is -2.09. The number of ether oxygens (including phenoxy) is 2. The standard InChI is InChI=1S/C24H24N2O5S/c1-15-5-4-6-19-22(15)26-24(31-19)32-14-17-8-10-20(30-17)23(27)25-12-11-16-7-9-18(28-2)21(13-16)29-3/h4-10,13H,11-12,14H2,1-3H3,(H,25,27). The highest BCUT2D eigenvalue weighted by molar-refractivity contribution is 7.98. The molecular formula is C24H24N2O5S. The Labute approximate surface area is 190 Å². The van der Waals surface area contributed by atoms with Crippen LogP contribution in [0.5, 0.6) is 11.5 Å². The Kier molecular flexibility index (Phi) is 6.70. The van der Waals surface area contributed by atoms with Crippen molar-refractivity contribution in [3.63, 3.8) is 0 Å². The molecule has 1 amide bonds. The maximum absolute atomic E-state index is 12.4. The molecule has 4 rings (SSSR count). The van der Waals surface area contributed by atoms with Gasteiger partial charge in [-0.2, -0.15) is 0 Å². The van der Waals surface area contributed by atoms with Crippen molar-refractivity contribution in [2.24, 2.45) is 0 Å². The van der Waals surface area contributed by atoms with Crippen LogP contribution in [0.25, 0.3) is 11.1 Å². The van der Waals surface area contributed by atoms with Gasteiger partial charge < -0.3 is 23.6 Å². The molecule has 0 aliphatic carbocycles. The van der Waals surface area contributed by atoms with Crippen molar-refractivity contribution >= 4 is 28.8 Å². The molecule has 32 heavy (non-hydrogen) atoms. The zero-order chi connectivity index (χ0) is 22.5. The molecule has 0 saturated carbocycles. The molecule has 2 aromatic carbocycles. The molecule has 1 N–H and O–H groups in total. The van der Waals surface area contributed by atoms with E-state index in [1.165, 1.54) is 11.8 Å². The van der Waals surface area contributed by atoms with Crippen LogP contribution in [-0.4, -0.2) is 31.7 Å². The van der Waals surface area contributed by atoms with E-state index in [4.69, 9.17) is 18.3 Å². The first-order chi connectivity index (χ1) is 15.6. The van der Waals surface area contributed by atoms with Gasteiger partial charge in [-0.1, -0.05) is 30.0 Å². The minimum atomic E-state index is -0.251. The summed E-state index contributed by atoms with van der Waals surface area (Å²) < 4.78 is 22.0. The predicted octanol–water partition coefficient (Wildman–Crippen LogP) is 5.01. The number of rotatable bonds is 9. The molecule has 8 heteroatoms. The maximum atomic E-state index is 12.4. The maximum Gasteiger partial charge on any atom is 0.287 e. The highest BCUT2D eigenvalue weighted by Crippen LogP contribution is 2.29. The van der Waals surface area contributed by atoms with Crippen molar-refractivity contribution in [2.75, 3.05) is 20.8 Å². The molecule has 7 nitrogen and oxygen atoms in total. The van der Waals surface area contributed by atoms with Crippen molar-refractivity contribution in [2.45, 2.75) is 24.3 Å². The van der Waals surface area contributed by atoms with Crippen LogP contribution < -0.4 is 14.8 Å². The summed E-state index contributed by atoms with van der Waals surface area (Å²) in [6.45, 7) is 2.48. The van der Waals surface area contributed by atoms with Gasteiger partial charge in [0, 0.05) is 6.54 Å². The third kappa shape index (κ3) is 4.91. The summed E-state index contributed by atoms with van der Waals surface area (Å²) in [5.74, 6) is 2.57. The highest BCUT2D eigenvalue weighted by Gasteiger charge is 2.13. The van der Waals surface area contributed by atoms with E-state index in [1.807, 2.05) is 43.3 Å². The lowest BCUT2D eigenvalue weighted by molar-refractivity contribution is 0.0925. The third-order valence-electron chi connectivity index (χ3n) is 4.97. The number of oxazole rings is 1. The molecule has 166 valence electrons. The average Bonchev–Trinajstić information content (AvgIpc) is 3.45. The molecule has 0 radical (unpaired) electrons. The number of thioether (sulfide) groups is 1. The van der Waals surface area contributed by atoms with E-state index < -0.39 is 0 Å². The predicted molar refractivity (Wildman–Crippen MR) is 123 cm³/mol. The van der Waals surface area contributed by atoms with E-state index in [1.54, 1.807) is 26.4 Å². The van der Waals surface area contributed by atoms with Gasteiger partial charge in [0.25, 0.3) is 11.1 Å². The lowest BCUT2D eigenvalue weighted by Crippen LogP contribution is -2.25. The summed E-state index contributed by atoms with van der Waals surface area (Å²) in [6.07, 6.45) is 0.659. The molecule has 0 fully saturated rings. The van der Waals surface area contributed by atoms with Gasteiger partial charge in [-0.25, -0.2) is 4.98 Å². The number of hydrogen-bond donors (Lipinski definition) is 1. The van der Waals surface area contributed by atoms with Gasteiger partial charge in [0.2, 0.25) is 0 Å². The summed E-state index contributed by atoms with van der Waals surface area (Å²) in [5.41, 5.74) is 3.74. The number of nitrogens with zero attached hydrogens (tertiary/aromatic N) is 1. The first-order valence-electron chi connectivity index (χ1n) is 10.1. The Morgan fingerprint density at radius 1 is 1.06 bits per heavy atom. The largest absolute Gasteiger partial charge is 0.493 e. The number of benzene rings is 2. The zero-order valence-electron chi connectivity index (χ0n) is 18.1. The SMILES string of the molecule is COc1ccc(CCNC(=O)c2ccc(CSc3nc4c(C)cccc4o3)o2)cc1OC. The molecule has 2 aromatic heterocycles. The minimum absolute atomic E-state index is 0.251. The summed E-state index contributed by atoms with van der Waals surface area (Å²) >= 11 is 1.43. The number of fused-ring (bicyclic) bond motifs is 1. The molecule has 0 bridgehead atoms. The number of carbonyl (C=O) groups excluding carboxylic acids is 1. The van der Waals surface area contributed by atoms with Crippen LogP contribution in [0.15, 0.2) is 62.6 Å². The molecule has 0 unspecified atom stereocenters. The van der Waals surface area contributed by atoms with Crippen LogP contribution in [0.4, 0.5) is 0 Å². The summed E-state index contributed by atoms with van der Waals surface area (Å²) in [4.78, 5) is 16.9. The number of nitrogens with one attached hydrogen (secondary N) is 1. The Hall–Kier alpha value is -3.39. The third-order valence-corrected chi connectivity index (χ3v) is 5.82. The molecule has 0 spiro atoms. The van der Waals surface area contributed by atoms with Crippen LogP contribution in [0.2, 0.25) is 0 Å². The topological polar surface area (TPSA) is 86.7 Å². The fraction of sp³-hybridized carbons (Fsp3) is 0.250. The molecule has 0 saturated heterocycles. The monoisotopic (exact) mass is 452 g/mol. The van der Waals surface area contributed by atoms with E-state index in [-0.39, 0.29) is 11.7 Å². The highest BCUT2D eigenvalue weighted by atomic mass is 32.2. The van der Waals surface area contributed by atoms with Crippen LogP contribution in [-0.2, 0) is 12.2 Å². The van der Waals surface area contributed by atoms with Gasteiger partial charge >= 0.3 is 0 Å². The number of amides is 1. The van der Waals surface area contributed by atoms with E-state index >= 15 is 0 Å². The fourth-order valence-electron chi connectivity index (χ4n) is 3.28. The van der Waals surface area contributed by atoms with Gasteiger partial charge in [0.1, 0.15) is 11.3 Å². The molecule has 2 heterocycles. The van der Waals surface area contributed by atoms with Gasteiger partial charge in [0.15, 0.2) is 22.8 Å². The van der Waals surface area contributed by atoms with Crippen LogP contribution in [0.1, 0.15) is 27.4 Å². The normalized spacial score (nSPS) is 11.0. The Morgan fingerprint density at radius 3 is 2.69 bits per heavy atom. The summed E-state index contributed by atoms with van der Waals surface area (Å²) in [7, 11) is 3.20. The summed E-state index contributed by atoms with van der Waals surface area (Å²) in [6, 6.07) is 15.0. The Balaban J connectivity index is 1.29. The number of carbonyl (C=O) groups is 1. The minimum Gasteiger partial charge on any atom is -0.493 e. The van der Waals surface area contributed by atoms with Gasteiger partial charge in [0.05, 0.1) is 20.0 Å². The zero-order valence-corrected chi connectivity index (χ0v) is 19.0. The van der Waals surface area contributed by atoms with Crippen molar-refractivity contribution in [3.05, 3.63) is 71.2 Å². The van der Waals surface area contributed by atoms with Crippen molar-refractivity contribution in [1.82, 2.24) is 10.3 Å². The van der Waals surface area contributed by atoms with E-state index in [2.05, 4.69) is 10.3 Å². The lowest BCUT2D eigenvalue weighted by atomic mass is 10.1. The quantitative estimate of drug-likeness (QED) is 0.357. The number of aryl methyl sites for hydroxylation is 1. The number of furan rings is 1. The second-order valence-electron chi connectivity index (χ2n) is 7.15. The molecule has 0 aliphatic heterocycles. The summed E-state index contributed by atoms with van der Waals surface area (Å²) in [5, 5.41) is 3.46. The van der Waals surface area contributed by atoms with E-state index in [0.717, 1.165) is 22.2 Å². The van der Waals surface area contributed by atoms with Crippen molar-refractivity contribution < 1.29 is 23.1 Å². The number of para-hydroxylation sites is 1. The van der Waals surface area contributed by atoms with E-state index in [0.29, 0.717) is 41.2 Å². The van der Waals surface area contributed by atoms with Gasteiger partial charge in [-0.05, 0) is 54.8 Å².